The molecule has 2 aromatic carbocycles. The second-order valence-corrected chi connectivity index (χ2v) is 8.32. The van der Waals surface area contributed by atoms with Crippen LogP contribution in [0.25, 0.3) is 11.3 Å². The molecule has 0 saturated heterocycles. The van der Waals surface area contributed by atoms with E-state index in [0.717, 1.165) is 17.0 Å². The molecule has 0 radical (unpaired) electrons. The topological polar surface area (TPSA) is 50.8 Å². The molecular weight excluding hydrogens is 429 g/mol. The first kappa shape index (κ1) is 19.3. The van der Waals surface area contributed by atoms with Crippen LogP contribution in [0.2, 0.25) is 0 Å². The van der Waals surface area contributed by atoms with Crippen molar-refractivity contribution in [3.8, 4) is 17.3 Å². The van der Waals surface area contributed by atoms with Crippen molar-refractivity contribution in [3.63, 3.8) is 0 Å². The zero-order valence-electron chi connectivity index (χ0n) is 16.3. The van der Waals surface area contributed by atoms with Gasteiger partial charge in [0.2, 0.25) is 0 Å². The average Bonchev–Trinajstić information content (AvgIpc) is 3.37. The maximum atomic E-state index is 15.4. The first-order valence-electron chi connectivity index (χ1n) is 10.1. The minimum atomic E-state index is -2.11. The molecule has 2 heterocycles. The fourth-order valence-corrected chi connectivity index (χ4v) is 5.39. The van der Waals surface area contributed by atoms with E-state index in [1.54, 1.807) is 0 Å². The molecule has 0 N–H and O–H groups in total. The van der Waals surface area contributed by atoms with Crippen LogP contribution in [0.4, 0.5) is 22.0 Å². The van der Waals surface area contributed by atoms with Gasteiger partial charge < -0.3 is 4.84 Å². The van der Waals surface area contributed by atoms with Crippen molar-refractivity contribution < 1.29 is 26.8 Å². The summed E-state index contributed by atoms with van der Waals surface area (Å²) in [5, 5.41) is 13.5. The summed E-state index contributed by atoms with van der Waals surface area (Å²) in [4.78, 5) is 6.68. The molecule has 0 amide bonds. The average molecular weight is 443 g/mol. The monoisotopic (exact) mass is 443 g/mol. The van der Waals surface area contributed by atoms with Gasteiger partial charge >= 0.3 is 0 Å². The van der Waals surface area contributed by atoms with E-state index in [9.17, 15) is 22.8 Å². The van der Waals surface area contributed by atoms with Crippen LogP contribution in [-0.4, -0.2) is 22.3 Å². The number of alkyl halides is 3. The van der Waals surface area contributed by atoms with E-state index in [0.29, 0.717) is 16.8 Å². The minimum absolute atomic E-state index is 0.113. The highest BCUT2D eigenvalue weighted by Gasteiger charge is 2.46. The van der Waals surface area contributed by atoms with E-state index in [1.807, 2.05) is 6.07 Å². The predicted octanol–water partition coefficient (Wildman–Crippen LogP) is 4.96. The summed E-state index contributed by atoms with van der Waals surface area (Å²) in [5.41, 5.74) is 1.22. The van der Waals surface area contributed by atoms with Crippen LogP contribution in [0.5, 0.6) is 0 Å². The van der Waals surface area contributed by atoms with Gasteiger partial charge in [-0.25, -0.2) is 22.0 Å². The summed E-state index contributed by atoms with van der Waals surface area (Å²) in [5.74, 6) is -2.47. The lowest BCUT2D eigenvalue weighted by atomic mass is 9.73. The SMILES string of the molecule is N#Cc1cc(F)cc2c1[C@@H](c1cc(F)c3c4c1C[C@@H](F)[C@H]4On1nccc1-3)C[C@H](F)[C@@H]2F. The minimum Gasteiger partial charge on any atom is -0.385 e. The van der Waals surface area contributed by atoms with E-state index in [1.165, 1.54) is 18.3 Å². The van der Waals surface area contributed by atoms with Gasteiger partial charge in [-0.1, -0.05) is 4.85 Å². The highest BCUT2D eigenvalue weighted by atomic mass is 19.2. The van der Waals surface area contributed by atoms with Crippen molar-refractivity contribution in [1.82, 2.24) is 9.94 Å². The quantitative estimate of drug-likeness (QED) is 0.500. The Morgan fingerprint density at radius 1 is 1.06 bits per heavy atom. The third-order valence-electron chi connectivity index (χ3n) is 6.65. The van der Waals surface area contributed by atoms with Gasteiger partial charge in [-0.3, -0.25) is 0 Å². The first-order valence-corrected chi connectivity index (χ1v) is 10.1. The van der Waals surface area contributed by atoms with E-state index < -0.39 is 42.2 Å². The molecule has 0 saturated carbocycles. The number of hydrogen-bond donors (Lipinski definition) is 0. The lowest BCUT2D eigenvalue weighted by molar-refractivity contribution is -0.0251. The number of hydrogen-bond acceptors (Lipinski definition) is 3. The second kappa shape index (κ2) is 6.55. The molecule has 4 nitrogen and oxygen atoms in total. The Labute approximate surface area is 178 Å². The van der Waals surface area contributed by atoms with Gasteiger partial charge in [0.15, 0.2) is 12.3 Å². The van der Waals surface area contributed by atoms with E-state index >= 15 is 4.39 Å². The van der Waals surface area contributed by atoms with Crippen molar-refractivity contribution in [2.75, 3.05) is 0 Å². The third-order valence-corrected chi connectivity index (χ3v) is 6.65. The highest BCUT2D eigenvalue weighted by Crippen LogP contribution is 2.52. The Balaban J connectivity index is 1.62. The molecule has 6 rings (SSSR count). The maximum Gasteiger partial charge on any atom is 0.184 e. The predicted molar refractivity (Wildman–Crippen MR) is 102 cm³/mol. The third kappa shape index (κ3) is 2.43. The highest BCUT2D eigenvalue weighted by molar-refractivity contribution is 5.72. The molecule has 3 aliphatic rings. The molecule has 3 aromatic rings. The number of nitriles is 1. The van der Waals surface area contributed by atoms with Crippen molar-refractivity contribution in [3.05, 3.63) is 75.5 Å². The summed E-state index contributed by atoms with van der Waals surface area (Å²) in [6, 6.07) is 6.39. The summed E-state index contributed by atoms with van der Waals surface area (Å²) in [7, 11) is 0. The standard InChI is InChI=1S/C23H14F5N3O/c24-10-3-9(8-29)19-12(6-16(26)22(28)14(19)4-10)11-5-15(25)21-18-1-2-30-31(18)32-23-17(27)7-13(11)20(21)23/h1-5,12,16-17,22-23H,6-7H2/t12-,16+,17-,22-,23-/m1/s1. The largest absolute Gasteiger partial charge is 0.385 e. The summed E-state index contributed by atoms with van der Waals surface area (Å²) in [6.45, 7) is 0. The fraction of sp³-hybridized carbons (Fsp3) is 0.304. The number of halogens is 5. The lowest BCUT2D eigenvalue weighted by Crippen LogP contribution is -2.29. The van der Waals surface area contributed by atoms with Gasteiger partial charge in [0.25, 0.3) is 0 Å². The zero-order valence-corrected chi connectivity index (χ0v) is 16.3. The summed E-state index contributed by atoms with van der Waals surface area (Å²) >= 11 is 0. The van der Waals surface area contributed by atoms with Gasteiger partial charge in [0, 0.05) is 23.5 Å². The second-order valence-electron chi connectivity index (χ2n) is 8.32. The number of aromatic nitrogens is 2. The smallest absolute Gasteiger partial charge is 0.184 e. The molecule has 1 aromatic heterocycles. The van der Waals surface area contributed by atoms with Crippen LogP contribution in [-0.2, 0) is 6.42 Å². The Kier molecular flexibility index (Phi) is 3.95. The van der Waals surface area contributed by atoms with Gasteiger partial charge in [-0.05, 0) is 52.9 Å². The van der Waals surface area contributed by atoms with Crippen LogP contribution in [0, 0.1) is 23.0 Å². The maximum absolute atomic E-state index is 15.4. The molecule has 2 aliphatic carbocycles. The van der Waals surface area contributed by atoms with E-state index in [-0.39, 0.29) is 40.7 Å². The molecular formula is C23H14F5N3O. The van der Waals surface area contributed by atoms with Crippen LogP contribution in [0.3, 0.4) is 0 Å². The Bertz CT molecular complexity index is 1330. The molecule has 0 spiro atoms. The lowest BCUT2D eigenvalue weighted by Gasteiger charge is -2.33. The van der Waals surface area contributed by atoms with Crippen LogP contribution in [0.15, 0.2) is 30.5 Å². The van der Waals surface area contributed by atoms with Gasteiger partial charge in [0.05, 0.1) is 17.8 Å². The molecule has 32 heavy (non-hydrogen) atoms. The van der Waals surface area contributed by atoms with Crippen LogP contribution < -0.4 is 4.84 Å². The number of benzene rings is 2. The fourth-order valence-electron chi connectivity index (χ4n) is 5.39. The Hall–Kier alpha value is -3.41. The zero-order chi connectivity index (χ0) is 22.3. The molecule has 5 atom stereocenters. The Morgan fingerprint density at radius 2 is 1.88 bits per heavy atom. The first-order chi connectivity index (χ1) is 15.4. The summed E-state index contributed by atoms with van der Waals surface area (Å²) < 4.78 is 73.8. The molecule has 0 bridgehead atoms. The summed E-state index contributed by atoms with van der Waals surface area (Å²) in [6.07, 6.45) is -5.77. The molecule has 0 unspecified atom stereocenters. The van der Waals surface area contributed by atoms with Crippen molar-refractivity contribution in [2.45, 2.75) is 43.4 Å². The molecule has 162 valence electrons. The normalized spacial score (nSPS) is 27.2. The van der Waals surface area contributed by atoms with Crippen LogP contribution >= 0.6 is 0 Å². The Morgan fingerprint density at radius 3 is 2.66 bits per heavy atom. The number of rotatable bonds is 1. The number of nitrogens with zero attached hydrogens (tertiary/aromatic N) is 3. The van der Waals surface area contributed by atoms with Crippen molar-refractivity contribution in [2.24, 2.45) is 0 Å². The molecule has 1 aliphatic heterocycles. The van der Waals surface area contributed by atoms with Crippen molar-refractivity contribution in [1.29, 1.82) is 5.26 Å². The van der Waals surface area contributed by atoms with Gasteiger partial charge in [-0.15, -0.1) is 5.10 Å². The van der Waals surface area contributed by atoms with Gasteiger partial charge in [-0.2, -0.15) is 5.26 Å². The molecule has 0 fully saturated rings. The van der Waals surface area contributed by atoms with Gasteiger partial charge in [0.1, 0.15) is 29.7 Å². The number of fused-ring (bicyclic) bond motifs is 3. The van der Waals surface area contributed by atoms with Crippen molar-refractivity contribution >= 4 is 0 Å². The molecule has 9 heteroatoms. The van der Waals surface area contributed by atoms with E-state index in [4.69, 9.17) is 4.84 Å². The van der Waals surface area contributed by atoms with E-state index in [2.05, 4.69) is 5.10 Å². The van der Waals surface area contributed by atoms with Crippen LogP contribution in [0.1, 0.15) is 58.0 Å².